The predicted molar refractivity (Wildman–Crippen MR) is 109 cm³/mol. The number of para-hydroxylation sites is 1. The lowest BCUT2D eigenvalue weighted by Crippen LogP contribution is -2.44. The third-order valence-corrected chi connectivity index (χ3v) is 4.96. The molecule has 3 aromatic rings. The third kappa shape index (κ3) is 4.63. The molecule has 1 saturated heterocycles. The normalized spacial score (nSPS) is 16.3. The molecule has 4 rings (SSSR count). The van der Waals surface area contributed by atoms with Crippen LogP contribution >= 0.6 is 0 Å². The molecule has 2 N–H and O–H groups in total. The van der Waals surface area contributed by atoms with E-state index < -0.39 is 11.8 Å². The maximum Gasteiger partial charge on any atom is 0.313 e. The Bertz CT molecular complexity index is 955. The van der Waals surface area contributed by atoms with E-state index in [0.29, 0.717) is 24.5 Å². The molecule has 29 heavy (non-hydrogen) atoms. The number of nitrogens with zero attached hydrogens (tertiary/aromatic N) is 2. The van der Waals surface area contributed by atoms with Crippen molar-refractivity contribution in [3.8, 4) is 11.5 Å². The number of hydrogen-bond donors (Lipinski definition) is 2. The highest BCUT2D eigenvalue weighted by Crippen LogP contribution is 2.26. The maximum atomic E-state index is 12.6. The summed E-state index contributed by atoms with van der Waals surface area (Å²) in [6.45, 7) is 1.10. The Labute approximate surface area is 168 Å². The second-order valence-corrected chi connectivity index (χ2v) is 7.00. The van der Waals surface area contributed by atoms with Gasteiger partial charge in [-0.2, -0.15) is 5.10 Å². The number of anilines is 1. The molecular weight excluding hydrogens is 368 g/mol. The zero-order valence-corrected chi connectivity index (χ0v) is 15.9. The number of ether oxygens (including phenoxy) is 1. The summed E-state index contributed by atoms with van der Waals surface area (Å²) in [6.07, 6.45) is 3.53. The van der Waals surface area contributed by atoms with Gasteiger partial charge in [0.05, 0.1) is 0 Å². The van der Waals surface area contributed by atoms with Crippen molar-refractivity contribution in [3.05, 3.63) is 72.6 Å². The number of rotatable bonds is 4. The highest BCUT2D eigenvalue weighted by molar-refractivity contribution is 6.39. The van der Waals surface area contributed by atoms with Gasteiger partial charge in [-0.3, -0.25) is 14.7 Å². The van der Waals surface area contributed by atoms with Gasteiger partial charge in [0, 0.05) is 36.6 Å². The van der Waals surface area contributed by atoms with E-state index in [9.17, 15) is 9.59 Å². The first kappa shape index (κ1) is 18.7. The van der Waals surface area contributed by atoms with Gasteiger partial charge >= 0.3 is 11.8 Å². The van der Waals surface area contributed by atoms with Gasteiger partial charge in [-0.1, -0.05) is 18.2 Å². The van der Waals surface area contributed by atoms with E-state index in [-0.39, 0.29) is 5.92 Å². The minimum Gasteiger partial charge on any atom is -0.457 e. The first-order valence-electron chi connectivity index (χ1n) is 9.61. The summed E-state index contributed by atoms with van der Waals surface area (Å²) in [4.78, 5) is 26.6. The van der Waals surface area contributed by atoms with E-state index in [1.54, 1.807) is 35.4 Å². The molecule has 0 spiro atoms. The number of carbonyl (C=O) groups excluding carboxylic acids is 2. The number of aromatic amines is 1. The fourth-order valence-corrected chi connectivity index (χ4v) is 3.47. The van der Waals surface area contributed by atoms with Crippen molar-refractivity contribution in [1.82, 2.24) is 15.1 Å². The second-order valence-electron chi connectivity index (χ2n) is 7.00. The number of hydrogen-bond acceptors (Lipinski definition) is 4. The highest BCUT2D eigenvalue weighted by atomic mass is 16.5. The Kier molecular flexibility index (Phi) is 5.56. The topological polar surface area (TPSA) is 87.3 Å². The van der Waals surface area contributed by atoms with E-state index in [2.05, 4.69) is 15.5 Å². The van der Waals surface area contributed by atoms with Crippen LogP contribution in [0.5, 0.6) is 11.5 Å². The van der Waals surface area contributed by atoms with Crippen molar-refractivity contribution in [2.24, 2.45) is 0 Å². The predicted octanol–water partition coefficient (Wildman–Crippen LogP) is 3.55. The van der Waals surface area contributed by atoms with Crippen LogP contribution in [0.1, 0.15) is 24.5 Å². The maximum absolute atomic E-state index is 12.6. The zero-order chi connectivity index (χ0) is 20.1. The molecule has 0 bridgehead atoms. The van der Waals surface area contributed by atoms with Crippen molar-refractivity contribution < 1.29 is 14.3 Å². The van der Waals surface area contributed by atoms with Gasteiger partial charge in [0.25, 0.3) is 0 Å². The largest absolute Gasteiger partial charge is 0.457 e. The van der Waals surface area contributed by atoms with Gasteiger partial charge in [-0.05, 0) is 55.3 Å². The summed E-state index contributed by atoms with van der Waals surface area (Å²) < 4.78 is 5.73. The van der Waals surface area contributed by atoms with Crippen molar-refractivity contribution in [2.45, 2.75) is 18.8 Å². The molecule has 0 radical (unpaired) electrons. The van der Waals surface area contributed by atoms with Gasteiger partial charge in [-0.15, -0.1) is 0 Å². The Morgan fingerprint density at radius 3 is 2.52 bits per heavy atom. The summed E-state index contributed by atoms with van der Waals surface area (Å²) in [5.41, 5.74) is 1.54. The first-order valence-corrected chi connectivity index (χ1v) is 9.61. The van der Waals surface area contributed by atoms with E-state index in [0.717, 1.165) is 24.3 Å². The SMILES string of the molecule is O=C(Nc1ccc(Oc2ccccc2)cc1)C(=O)N1CCCC(c2ccn[nH]2)C1. The molecule has 1 aliphatic heterocycles. The second kappa shape index (κ2) is 8.60. The summed E-state index contributed by atoms with van der Waals surface area (Å²) in [7, 11) is 0. The molecule has 148 valence electrons. The smallest absolute Gasteiger partial charge is 0.313 e. The summed E-state index contributed by atoms with van der Waals surface area (Å²) in [5.74, 6) is 0.415. The number of likely N-dealkylation sites (tertiary alicyclic amines) is 1. The van der Waals surface area contributed by atoms with Crippen LogP contribution in [0.2, 0.25) is 0 Å². The minimum absolute atomic E-state index is 0.178. The molecule has 1 aliphatic rings. The fraction of sp³-hybridized carbons (Fsp3) is 0.227. The molecule has 0 saturated carbocycles. The Morgan fingerprint density at radius 1 is 1.03 bits per heavy atom. The molecule has 7 heteroatoms. The number of H-pyrrole nitrogens is 1. The van der Waals surface area contributed by atoms with Crippen LogP contribution in [-0.2, 0) is 9.59 Å². The van der Waals surface area contributed by atoms with Gasteiger partial charge in [0.1, 0.15) is 11.5 Å². The lowest BCUT2D eigenvalue weighted by atomic mass is 9.95. The number of amides is 2. The molecule has 2 heterocycles. The molecule has 1 aromatic heterocycles. The molecule has 2 amide bonds. The van der Waals surface area contributed by atoms with Crippen LogP contribution in [0, 0.1) is 0 Å². The zero-order valence-electron chi connectivity index (χ0n) is 15.9. The lowest BCUT2D eigenvalue weighted by Gasteiger charge is -2.31. The lowest BCUT2D eigenvalue weighted by molar-refractivity contribution is -0.144. The van der Waals surface area contributed by atoms with Gasteiger partial charge in [-0.25, -0.2) is 0 Å². The molecular formula is C22H22N4O3. The van der Waals surface area contributed by atoms with Crippen LogP contribution in [0.3, 0.4) is 0 Å². The van der Waals surface area contributed by atoms with Gasteiger partial charge in [0.2, 0.25) is 0 Å². The average Bonchev–Trinajstić information content (AvgIpc) is 3.30. The minimum atomic E-state index is -0.632. The van der Waals surface area contributed by atoms with E-state index in [4.69, 9.17) is 4.74 Å². The average molecular weight is 390 g/mol. The van der Waals surface area contributed by atoms with Crippen molar-refractivity contribution >= 4 is 17.5 Å². The Hall–Kier alpha value is -3.61. The monoisotopic (exact) mass is 390 g/mol. The third-order valence-electron chi connectivity index (χ3n) is 4.96. The highest BCUT2D eigenvalue weighted by Gasteiger charge is 2.29. The van der Waals surface area contributed by atoms with Gasteiger partial charge in [0.15, 0.2) is 0 Å². The molecule has 1 fully saturated rings. The van der Waals surface area contributed by atoms with Crippen LogP contribution in [0.25, 0.3) is 0 Å². The molecule has 1 unspecified atom stereocenters. The van der Waals surface area contributed by atoms with Gasteiger partial charge < -0.3 is 15.0 Å². The Balaban J connectivity index is 1.34. The molecule has 0 aliphatic carbocycles. The number of nitrogens with one attached hydrogen (secondary N) is 2. The van der Waals surface area contributed by atoms with Crippen LogP contribution in [0.4, 0.5) is 5.69 Å². The standard InChI is InChI=1S/C22H22N4O3/c27-21(22(28)26-14-4-5-16(15-26)20-12-13-23-25-20)24-17-8-10-19(11-9-17)29-18-6-2-1-3-7-18/h1-3,6-13,16H,4-5,14-15H2,(H,23,25)(H,24,27). The number of piperidine rings is 1. The summed E-state index contributed by atoms with van der Waals surface area (Å²) >= 11 is 0. The quantitative estimate of drug-likeness (QED) is 0.667. The number of aromatic nitrogens is 2. The first-order chi connectivity index (χ1) is 14.2. The van der Waals surface area contributed by atoms with E-state index >= 15 is 0 Å². The van der Waals surface area contributed by atoms with Crippen LogP contribution < -0.4 is 10.1 Å². The summed E-state index contributed by atoms with van der Waals surface area (Å²) in [6, 6.07) is 18.3. The van der Waals surface area contributed by atoms with Crippen molar-refractivity contribution in [2.75, 3.05) is 18.4 Å². The fourth-order valence-electron chi connectivity index (χ4n) is 3.47. The van der Waals surface area contributed by atoms with E-state index in [1.165, 1.54) is 0 Å². The van der Waals surface area contributed by atoms with Crippen molar-refractivity contribution in [1.29, 1.82) is 0 Å². The Morgan fingerprint density at radius 2 is 1.79 bits per heavy atom. The van der Waals surface area contributed by atoms with Crippen LogP contribution in [-0.4, -0.2) is 40.0 Å². The number of benzene rings is 2. The van der Waals surface area contributed by atoms with Crippen molar-refractivity contribution in [3.63, 3.8) is 0 Å². The molecule has 1 atom stereocenters. The number of carbonyl (C=O) groups is 2. The van der Waals surface area contributed by atoms with Crippen LogP contribution in [0.15, 0.2) is 66.9 Å². The summed E-state index contributed by atoms with van der Waals surface area (Å²) in [5, 5.41) is 9.61. The molecule has 2 aromatic carbocycles. The molecule has 7 nitrogen and oxygen atoms in total. The van der Waals surface area contributed by atoms with E-state index in [1.807, 2.05) is 36.4 Å².